The number of carbonyl (C=O) groups is 1. The Morgan fingerprint density at radius 2 is 1.28 bits per heavy atom. The van der Waals surface area contributed by atoms with Gasteiger partial charge in [-0.3, -0.25) is 5.32 Å². The lowest BCUT2D eigenvalue weighted by Crippen LogP contribution is -2.69. The summed E-state index contributed by atoms with van der Waals surface area (Å²) < 4.78 is 105. The highest BCUT2D eigenvalue weighted by Crippen LogP contribution is 2.66. The molecule has 11 heteroatoms. The van der Waals surface area contributed by atoms with Crippen LogP contribution in [0.4, 0.5) is 31.1 Å². The molecule has 0 aliphatic rings. The number of alkyl halides is 6. The third-order valence-corrected chi connectivity index (χ3v) is 8.41. The summed E-state index contributed by atoms with van der Waals surface area (Å²) in [5.41, 5.74) is 0. The molecule has 0 spiro atoms. The number of hydrogen-bond donors (Lipinski definition) is 1. The molecule has 0 bridgehead atoms. The summed E-state index contributed by atoms with van der Waals surface area (Å²) in [7, 11) is -5.67. The van der Waals surface area contributed by atoms with Crippen LogP contribution >= 0.6 is 7.14 Å². The molecule has 1 N–H and O–H groups in total. The predicted molar refractivity (Wildman–Crippen MR) is 109 cm³/mol. The molecule has 0 fully saturated rings. The molecule has 0 saturated carbocycles. The van der Waals surface area contributed by atoms with E-state index in [4.69, 9.17) is 0 Å². The smallest absolute Gasteiger partial charge is 0.428 e. The summed E-state index contributed by atoms with van der Waals surface area (Å²) in [6.45, 7) is 1.43. The Morgan fingerprint density at radius 1 is 0.844 bits per heavy atom. The van der Waals surface area contributed by atoms with Crippen LogP contribution in [-0.4, -0.2) is 30.3 Å². The SMILES string of the molecule is CCCCCOC(=O)NC(C(F)(F)F)(C(F)(F)F)P(=O)(c1ccccc1)c1ccccc1. The van der Waals surface area contributed by atoms with Crippen molar-refractivity contribution in [1.29, 1.82) is 0 Å². The minimum Gasteiger partial charge on any atom is -0.450 e. The van der Waals surface area contributed by atoms with Crippen molar-refractivity contribution in [3.63, 3.8) is 0 Å². The van der Waals surface area contributed by atoms with Crippen molar-refractivity contribution in [1.82, 2.24) is 5.32 Å². The highest BCUT2D eigenvalue weighted by molar-refractivity contribution is 7.80. The maximum absolute atomic E-state index is 14.4. The van der Waals surface area contributed by atoms with Gasteiger partial charge in [-0.05, 0) is 6.42 Å². The van der Waals surface area contributed by atoms with Crippen LogP contribution in [0.1, 0.15) is 26.2 Å². The van der Waals surface area contributed by atoms with Gasteiger partial charge >= 0.3 is 18.4 Å². The van der Waals surface area contributed by atoms with Gasteiger partial charge in [0.05, 0.1) is 6.61 Å². The third kappa shape index (κ3) is 4.80. The van der Waals surface area contributed by atoms with Gasteiger partial charge in [0.15, 0.2) is 7.14 Å². The van der Waals surface area contributed by atoms with E-state index >= 15 is 0 Å². The van der Waals surface area contributed by atoms with Crippen molar-refractivity contribution in [2.75, 3.05) is 6.61 Å². The van der Waals surface area contributed by atoms with Crippen LogP contribution in [0.5, 0.6) is 0 Å². The van der Waals surface area contributed by atoms with E-state index in [0.717, 1.165) is 29.6 Å². The molecule has 2 aromatic carbocycles. The van der Waals surface area contributed by atoms with Crippen LogP contribution in [0, 0.1) is 0 Å². The maximum Gasteiger partial charge on any atom is 0.428 e. The molecule has 0 unspecified atom stereocenters. The van der Waals surface area contributed by atoms with Gasteiger partial charge in [-0.1, -0.05) is 80.4 Å². The third-order valence-electron chi connectivity index (χ3n) is 4.80. The Labute approximate surface area is 181 Å². The Kier molecular flexibility index (Phi) is 8.04. The van der Waals surface area contributed by atoms with Crippen molar-refractivity contribution in [3.8, 4) is 0 Å². The summed E-state index contributed by atoms with van der Waals surface area (Å²) >= 11 is 0. The first-order valence-electron chi connectivity index (χ1n) is 9.71. The van der Waals surface area contributed by atoms with Crippen LogP contribution in [0.15, 0.2) is 60.7 Å². The molecule has 0 heterocycles. The molecule has 2 aromatic rings. The van der Waals surface area contributed by atoms with E-state index < -0.39 is 41.5 Å². The Balaban J connectivity index is 2.77. The number of halogens is 6. The van der Waals surface area contributed by atoms with Gasteiger partial charge < -0.3 is 9.30 Å². The molecule has 0 aliphatic carbocycles. The fourth-order valence-corrected chi connectivity index (χ4v) is 6.47. The average molecular weight is 481 g/mol. The van der Waals surface area contributed by atoms with Gasteiger partial charge in [0, 0.05) is 10.6 Å². The van der Waals surface area contributed by atoms with Gasteiger partial charge in [0.2, 0.25) is 0 Å². The number of ether oxygens (including phenoxy) is 1. The van der Waals surface area contributed by atoms with Gasteiger partial charge in [-0.15, -0.1) is 0 Å². The number of hydrogen-bond acceptors (Lipinski definition) is 3. The van der Waals surface area contributed by atoms with Crippen molar-refractivity contribution in [2.24, 2.45) is 0 Å². The van der Waals surface area contributed by atoms with Crippen molar-refractivity contribution < 1.29 is 40.4 Å². The van der Waals surface area contributed by atoms with Crippen molar-refractivity contribution in [3.05, 3.63) is 60.7 Å². The second kappa shape index (κ2) is 9.98. The van der Waals surface area contributed by atoms with Crippen LogP contribution in [0.2, 0.25) is 0 Å². The molecule has 32 heavy (non-hydrogen) atoms. The highest BCUT2D eigenvalue weighted by atomic mass is 31.2. The van der Waals surface area contributed by atoms with Crippen LogP contribution < -0.4 is 15.9 Å². The van der Waals surface area contributed by atoms with E-state index in [1.807, 2.05) is 6.92 Å². The molecule has 0 atom stereocenters. The molecule has 176 valence electrons. The summed E-state index contributed by atoms with van der Waals surface area (Å²) in [6.07, 6.45) is -12.8. The lowest BCUT2D eigenvalue weighted by Gasteiger charge is -2.43. The molecule has 0 radical (unpaired) electrons. The lowest BCUT2D eigenvalue weighted by molar-refractivity contribution is -0.274. The molecular weight excluding hydrogens is 459 g/mol. The van der Waals surface area contributed by atoms with E-state index in [-0.39, 0.29) is 13.0 Å². The number of benzene rings is 2. The Hall–Kier alpha value is -2.48. The zero-order valence-electron chi connectivity index (χ0n) is 17.0. The first-order valence-corrected chi connectivity index (χ1v) is 11.4. The van der Waals surface area contributed by atoms with Gasteiger partial charge in [0.1, 0.15) is 0 Å². The topological polar surface area (TPSA) is 55.4 Å². The molecule has 2 rings (SSSR count). The van der Waals surface area contributed by atoms with Crippen molar-refractivity contribution in [2.45, 2.75) is 43.8 Å². The monoisotopic (exact) mass is 481 g/mol. The summed E-state index contributed by atoms with van der Waals surface area (Å²) in [6, 6.07) is 11.0. The number of amides is 1. The van der Waals surface area contributed by atoms with Crippen LogP contribution in [0.3, 0.4) is 0 Å². The molecule has 0 saturated heterocycles. The number of alkyl carbamates (subject to hydrolysis) is 1. The normalized spacial score (nSPS) is 13.0. The first-order chi connectivity index (χ1) is 14.9. The number of rotatable bonds is 8. The van der Waals surface area contributed by atoms with E-state index in [9.17, 15) is 35.7 Å². The number of carbonyl (C=O) groups excluding carboxylic acids is 1. The quantitative estimate of drug-likeness (QED) is 0.297. The fraction of sp³-hybridized carbons (Fsp3) is 0.381. The fourth-order valence-electron chi connectivity index (χ4n) is 3.25. The molecule has 4 nitrogen and oxygen atoms in total. The van der Waals surface area contributed by atoms with E-state index in [1.165, 1.54) is 36.4 Å². The second-order valence-electron chi connectivity index (χ2n) is 6.95. The van der Waals surface area contributed by atoms with Crippen molar-refractivity contribution >= 4 is 23.8 Å². The zero-order valence-corrected chi connectivity index (χ0v) is 17.9. The van der Waals surface area contributed by atoms with E-state index in [2.05, 4.69) is 4.74 Å². The summed E-state index contributed by atoms with van der Waals surface area (Å²) in [4.78, 5) is 12.2. The number of nitrogens with one attached hydrogen (secondary N) is 1. The minimum absolute atomic E-state index is 0.254. The molecule has 0 aliphatic heterocycles. The van der Waals surface area contributed by atoms with E-state index in [1.54, 1.807) is 0 Å². The van der Waals surface area contributed by atoms with Crippen LogP contribution in [0.25, 0.3) is 0 Å². The molecule has 0 aromatic heterocycles. The first kappa shape index (κ1) is 25.8. The predicted octanol–water partition coefficient (Wildman–Crippen LogP) is 5.74. The molecule has 1 amide bonds. The van der Waals surface area contributed by atoms with Gasteiger partial charge in [-0.25, -0.2) is 4.79 Å². The largest absolute Gasteiger partial charge is 0.450 e. The Bertz CT molecular complexity index is 875. The molecular formula is C21H22F6NO3P. The minimum atomic E-state index is -6.19. The standard InChI is InChI=1S/C21H22F6NO3P/c1-2-3-10-15-31-18(29)28-19(20(22,23)24,21(25,26)27)32(30,16-11-6-4-7-12-16)17-13-8-5-9-14-17/h4-9,11-14H,2-3,10,15H2,1H3,(H,28,29). The van der Waals surface area contributed by atoms with Crippen LogP contribution in [-0.2, 0) is 9.30 Å². The number of unbranched alkanes of at least 4 members (excludes halogenated alkanes) is 2. The second-order valence-corrected chi connectivity index (χ2v) is 9.88. The Morgan fingerprint density at radius 3 is 1.66 bits per heavy atom. The summed E-state index contributed by atoms with van der Waals surface area (Å²) in [5, 5.41) is -5.59. The van der Waals surface area contributed by atoms with Gasteiger partial charge in [0.25, 0.3) is 5.28 Å². The zero-order chi connectivity index (χ0) is 24.0. The highest BCUT2D eigenvalue weighted by Gasteiger charge is 2.81. The maximum atomic E-state index is 14.4. The van der Waals surface area contributed by atoms with Gasteiger partial charge in [-0.2, -0.15) is 26.3 Å². The summed E-state index contributed by atoms with van der Waals surface area (Å²) in [5.74, 6) is 0. The lowest BCUT2D eigenvalue weighted by atomic mass is 10.2. The van der Waals surface area contributed by atoms with E-state index in [0.29, 0.717) is 12.8 Å². The average Bonchev–Trinajstić information content (AvgIpc) is 2.74.